The second-order valence-corrected chi connectivity index (χ2v) is 11.6. The third kappa shape index (κ3) is 8.03. The Bertz CT molecular complexity index is 517. The standard InChI is InChI=1S/C20H42O8P2/c1-7-13-15-17-19(21)28-20(18-16-14-8-2,29(22,24-9-3)25-10-4)30(23,26-11-5)27-12-6/h7-18H2,1-6H3. The molecule has 0 aromatic heterocycles. The zero-order chi connectivity index (χ0) is 23.1. The van der Waals surface area contributed by atoms with Gasteiger partial charge in [0.05, 0.1) is 26.4 Å². The van der Waals surface area contributed by atoms with Gasteiger partial charge < -0.3 is 22.8 Å². The molecule has 0 rings (SSSR count). The SMILES string of the molecule is CCCCCC(=O)OC(CCCCC)(P(=O)(OCC)OCC)P(=O)(OCC)OCC. The molecule has 0 N–H and O–H groups in total. The Kier molecular flexibility index (Phi) is 15.4. The van der Waals surface area contributed by atoms with Gasteiger partial charge in [-0.15, -0.1) is 0 Å². The smallest absolute Gasteiger partial charge is 0.386 e. The fourth-order valence-corrected chi connectivity index (χ4v) is 8.60. The number of hydrogen-bond acceptors (Lipinski definition) is 8. The fraction of sp³-hybridized carbons (Fsp3) is 0.950. The minimum atomic E-state index is -4.23. The predicted molar refractivity (Wildman–Crippen MR) is 119 cm³/mol. The summed E-state index contributed by atoms with van der Waals surface area (Å²) in [6.45, 7) is 10.7. The summed E-state index contributed by atoms with van der Waals surface area (Å²) < 4.78 is 56.1. The molecule has 0 spiro atoms. The summed E-state index contributed by atoms with van der Waals surface area (Å²) in [6.07, 6.45) is 4.61. The van der Waals surface area contributed by atoms with Crippen LogP contribution < -0.4 is 0 Å². The van der Waals surface area contributed by atoms with E-state index in [1.54, 1.807) is 27.7 Å². The van der Waals surface area contributed by atoms with Crippen molar-refractivity contribution in [3.8, 4) is 0 Å². The van der Waals surface area contributed by atoms with E-state index in [1.165, 1.54) is 0 Å². The van der Waals surface area contributed by atoms with E-state index in [4.69, 9.17) is 22.8 Å². The first-order chi connectivity index (χ1) is 14.3. The second kappa shape index (κ2) is 15.6. The van der Waals surface area contributed by atoms with Crippen LogP contribution in [0.3, 0.4) is 0 Å². The van der Waals surface area contributed by atoms with Crippen molar-refractivity contribution in [1.82, 2.24) is 0 Å². The molecule has 0 amide bonds. The van der Waals surface area contributed by atoms with Gasteiger partial charge in [0.25, 0.3) is 0 Å². The van der Waals surface area contributed by atoms with Crippen LogP contribution in [0, 0.1) is 0 Å². The van der Waals surface area contributed by atoms with E-state index < -0.39 is 26.2 Å². The normalized spacial score (nSPS) is 12.9. The number of ether oxygens (including phenoxy) is 1. The predicted octanol–water partition coefficient (Wildman–Crippen LogP) is 6.88. The van der Waals surface area contributed by atoms with Gasteiger partial charge in [0.1, 0.15) is 0 Å². The maximum atomic E-state index is 14.0. The first kappa shape index (κ1) is 29.8. The highest BCUT2D eigenvalue weighted by Gasteiger charge is 2.68. The van der Waals surface area contributed by atoms with Crippen molar-refractivity contribution in [2.45, 2.75) is 98.0 Å². The van der Waals surface area contributed by atoms with E-state index >= 15 is 0 Å². The molecule has 0 saturated heterocycles. The molecule has 0 aromatic carbocycles. The number of unbranched alkanes of at least 4 members (excludes halogenated alkanes) is 4. The lowest BCUT2D eigenvalue weighted by Gasteiger charge is -2.41. The highest BCUT2D eigenvalue weighted by Crippen LogP contribution is 2.79. The van der Waals surface area contributed by atoms with Crippen LogP contribution in [0.4, 0.5) is 0 Å². The summed E-state index contributed by atoms with van der Waals surface area (Å²) in [5.74, 6) is -0.612. The van der Waals surface area contributed by atoms with Crippen molar-refractivity contribution in [1.29, 1.82) is 0 Å². The molecule has 0 aliphatic heterocycles. The monoisotopic (exact) mass is 472 g/mol. The molecule has 0 aliphatic rings. The van der Waals surface area contributed by atoms with E-state index in [1.807, 2.05) is 13.8 Å². The average Bonchev–Trinajstić information content (AvgIpc) is 2.68. The zero-order valence-electron chi connectivity index (χ0n) is 19.6. The molecule has 0 fully saturated rings. The second-order valence-electron chi connectivity index (χ2n) is 6.80. The van der Waals surface area contributed by atoms with Crippen LogP contribution in [0.1, 0.15) is 92.9 Å². The van der Waals surface area contributed by atoms with Gasteiger partial charge in [-0.25, -0.2) is 0 Å². The third-order valence-corrected chi connectivity index (χ3v) is 10.6. The van der Waals surface area contributed by atoms with Crippen LogP contribution in [0.15, 0.2) is 0 Å². The maximum Gasteiger partial charge on any atom is 0.386 e. The van der Waals surface area contributed by atoms with Gasteiger partial charge in [0, 0.05) is 12.8 Å². The van der Waals surface area contributed by atoms with E-state index in [-0.39, 0.29) is 39.3 Å². The van der Waals surface area contributed by atoms with Crippen molar-refractivity contribution in [2.24, 2.45) is 0 Å². The summed E-state index contributed by atoms with van der Waals surface area (Å²) in [6, 6.07) is 0. The van der Waals surface area contributed by atoms with Crippen LogP contribution in [0.2, 0.25) is 0 Å². The van der Waals surface area contributed by atoms with E-state index in [0.29, 0.717) is 12.8 Å². The summed E-state index contributed by atoms with van der Waals surface area (Å²) in [4.78, 5) is 12.8. The lowest BCUT2D eigenvalue weighted by Crippen LogP contribution is -2.38. The Labute approximate surface area is 182 Å². The van der Waals surface area contributed by atoms with E-state index in [0.717, 1.165) is 25.7 Å². The molecule has 0 aliphatic carbocycles. The Balaban J connectivity index is 6.53. The highest BCUT2D eigenvalue weighted by atomic mass is 31.2. The Morgan fingerprint density at radius 3 is 1.43 bits per heavy atom. The van der Waals surface area contributed by atoms with Gasteiger partial charge in [-0.1, -0.05) is 39.5 Å². The zero-order valence-corrected chi connectivity index (χ0v) is 21.4. The van der Waals surface area contributed by atoms with Crippen LogP contribution in [-0.4, -0.2) is 37.5 Å². The number of esters is 1. The van der Waals surface area contributed by atoms with Crippen LogP contribution in [0.5, 0.6) is 0 Å². The van der Waals surface area contributed by atoms with E-state index in [2.05, 4.69) is 0 Å². The average molecular weight is 472 g/mol. The van der Waals surface area contributed by atoms with Gasteiger partial charge in [-0.05, 0) is 40.5 Å². The van der Waals surface area contributed by atoms with Gasteiger partial charge in [0.15, 0.2) is 0 Å². The highest BCUT2D eigenvalue weighted by molar-refractivity contribution is 7.74. The first-order valence-corrected chi connectivity index (χ1v) is 14.3. The quantitative estimate of drug-likeness (QED) is 0.114. The fourth-order valence-electron chi connectivity index (χ4n) is 3.10. The van der Waals surface area contributed by atoms with Crippen LogP contribution in [0.25, 0.3) is 0 Å². The third-order valence-electron chi connectivity index (χ3n) is 4.42. The summed E-state index contributed by atoms with van der Waals surface area (Å²) in [5, 5.41) is -2.14. The minimum absolute atomic E-state index is 0.00505. The van der Waals surface area contributed by atoms with Gasteiger partial charge in [-0.3, -0.25) is 13.9 Å². The van der Waals surface area contributed by atoms with Crippen molar-refractivity contribution < 1.29 is 36.8 Å². The van der Waals surface area contributed by atoms with Crippen molar-refractivity contribution in [2.75, 3.05) is 26.4 Å². The molecular weight excluding hydrogens is 430 g/mol. The Morgan fingerprint density at radius 2 is 1.07 bits per heavy atom. The molecule has 10 heteroatoms. The van der Waals surface area contributed by atoms with E-state index in [9.17, 15) is 13.9 Å². The summed E-state index contributed by atoms with van der Waals surface area (Å²) >= 11 is 0. The largest absolute Gasteiger partial charge is 0.433 e. The molecule has 0 atom stereocenters. The molecule has 0 unspecified atom stereocenters. The lowest BCUT2D eigenvalue weighted by molar-refractivity contribution is -0.150. The Hall–Kier alpha value is -0.230. The number of hydrogen-bond donors (Lipinski definition) is 0. The Morgan fingerprint density at radius 1 is 0.667 bits per heavy atom. The topological polar surface area (TPSA) is 97.4 Å². The molecule has 30 heavy (non-hydrogen) atoms. The molecular formula is C20H42O8P2. The number of rotatable bonds is 19. The molecule has 0 bridgehead atoms. The van der Waals surface area contributed by atoms with Crippen molar-refractivity contribution in [3.05, 3.63) is 0 Å². The molecule has 0 aromatic rings. The number of carbonyl (C=O) groups excluding carboxylic acids is 1. The molecule has 0 radical (unpaired) electrons. The molecule has 0 saturated carbocycles. The van der Waals surface area contributed by atoms with Crippen molar-refractivity contribution >= 4 is 21.2 Å². The minimum Gasteiger partial charge on any atom is -0.433 e. The molecule has 0 heterocycles. The summed E-state index contributed by atoms with van der Waals surface area (Å²) in [5.41, 5.74) is 0. The maximum absolute atomic E-state index is 14.0. The van der Waals surface area contributed by atoms with Gasteiger partial charge in [0.2, 0.25) is 0 Å². The molecule has 8 nitrogen and oxygen atoms in total. The van der Waals surface area contributed by atoms with Crippen LogP contribution >= 0.6 is 15.2 Å². The lowest BCUT2D eigenvalue weighted by atomic mass is 10.2. The first-order valence-electron chi connectivity index (χ1n) is 11.3. The molecule has 180 valence electrons. The van der Waals surface area contributed by atoms with Gasteiger partial charge >= 0.3 is 26.2 Å². The number of carbonyl (C=O) groups is 1. The summed E-state index contributed by atoms with van der Waals surface area (Å²) in [7, 11) is -8.46. The van der Waals surface area contributed by atoms with Crippen molar-refractivity contribution in [3.63, 3.8) is 0 Å². The van der Waals surface area contributed by atoms with Gasteiger partial charge in [-0.2, -0.15) is 0 Å². The van der Waals surface area contributed by atoms with Crippen LogP contribution in [-0.2, 0) is 36.8 Å².